The van der Waals surface area contributed by atoms with Gasteiger partial charge in [-0.25, -0.2) is 0 Å². The lowest BCUT2D eigenvalue weighted by Crippen LogP contribution is -2.51. The van der Waals surface area contributed by atoms with Crippen molar-refractivity contribution in [3.8, 4) is 0 Å². The van der Waals surface area contributed by atoms with Crippen LogP contribution in [0.5, 0.6) is 0 Å². The number of hydrogen-bond donors (Lipinski definition) is 0. The van der Waals surface area contributed by atoms with E-state index in [1.807, 2.05) is 24.3 Å². The molecule has 2 saturated heterocycles. The summed E-state index contributed by atoms with van der Waals surface area (Å²) in [6.07, 6.45) is 9.09. The van der Waals surface area contributed by atoms with Gasteiger partial charge in [-0.15, -0.1) is 0 Å². The zero-order chi connectivity index (χ0) is 16.5. The molecule has 0 bridgehead atoms. The molecule has 3 heterocycles. The summed E-state index contributed by atoms with van der Waals surface area (Å²) in [6.45, 7) is 3.94. The molecule has 2 fully saturated rings. The number of piperazine rings is 1. The first-order valence-electron chi connectivity index (χ1n) is 8.61. The van der Waals surface area contributed by atoms with Gasteiger partial charge in [0.25, 0.3) is 0 Å². The SMILES string of the molecule is O=C1[C@H]2CC=CC[C@H]2C(=O)N1CN1CCN(c2ccncc2)CC1. The summed E-state index contributed by atoms with van der Waals surface area (Å²) >= 11 is 0. The van der Waals surface area contributed by atoms with E-state index in [1.54, 1.807) is 12.4 Å². The van der Waals surface area contributed by atoms with Gasteiger partial charge in [0, 0.05) is 44.3 Å². The summed E-state index contributed by atoms with van der Waals surface area (Å²) in [5, 5.41) is 0. The lowest BCUT2D eigenvalue weighted by molar-refractivity contribution is -0.142. The second-order valence-corrected chi connectivity index (χ2v) is 6.71. The van der Waals surface area contributed by atoms with Crippen LogP contribution in [0.2, 0.25) is 0 Å². The van der Waals surface area contributed by atoms with Gasteiger partial charge in [-0.05, 0) is 25.0 Å². The zero-order valence-corrected chi connectivity index (χ0v) is 13.7. The third kappa shape index (κ3) is 2.71. The van der Waals surface area contributed by atoms with Crippen LogP contribution >= 0.6 is 0 Å². The van der Waals surface area contributed by atoms with E-state index in [0.29, 0.717) is 19.5 Å². The van der Waals surface area contributed by atoms with Gasteiger partial charge >= 0.3 is 0 Å². The molecule has 0 saturated carbocycles. The second kappa shape index (κ2) is 6.36. The Morgan fingerprint density at radius 1 is 0.917 bits per heavy atom. The van der Waals surface area contributed by atoms with Crippen molar-refractivity contribution >= 4 is 17.5 Å². The highest BCUT2D eigenvalue weighted by Crippen LogP contribution is 2.35. The van der Waals surface area contributed by atoms with Crippen molar-refractivity contribution < 1.29 is 9.59 Å². The smallest absolute Gasteiger partial charge is 0.234 e. The van der Waals surface area contributed by atoms with Crippen molar-refractivity contribution in [2.75, 3.05) is 37.7 Å². The molecule has 0 spiro atoms. The molecule has 1 aromatic heterocycles. The number of pyridine rings is 1. The number of fused-ring (bicyclic) bond motifs is 1. The largest absolute Gasteiger partial charge is 0.369 e. The van der Waals surface area contributed by atoms with Gasteiger partial charge in [0.05, 0.1) is 18.5 Å². The second-order valence-electron chi connectivity index (χ2n) is 6.71. The number of imide groups is 1. The molecule has 2 atom stereocenters. The van der Waals surface area contributed by atoms with Crippen molar-refractivity contribution in [3.63, 3.8) is 0 Å². The van der Waals surface area contributed by atoms with E-state index in [2.05, 4.69) is 14.8 Å². The number of amides is 2. The van der Waals surface area contributed by atoms with Gasteiger partial charge in [-0.3, -0.25) is 24.4 Å². The number of hydrogen-bond acceptors (Lipinski definition) is 5. The molecule has 2 aliphatic heterocycles. The van der Waals surface area contributed by atoms with Crippen LogP contribution in [0.4, 0.5) is 5.69 Å². The molecule has 1 aromatic rings. The minimum atomic E-state index is -0.124. The Kier molecular flexibility index (Phi) is 4.06. The maximum Gasteiger partial charge on any atom is 0.234 e. The molecule has 3 aliphatic rings. The van der Waals surface area contributed by atoms with Gasteiger partial charge in [0.15, 0.2) is 0 Å². The summed E-state index contributed by atoms with van der Waals surface area (Å²) < 4.78 is 0. The average molecular weight is 326 g/mol. The van der Waals surface area contributed by atoms with E-state index < -0.39 is 0 Å². The summed E-state index contributed by atoms with van der Waals surface area (Å²) in [5.41, 5.74) is 1.18. The Labute approximate surface area is 141 Å². The van der Waals surface area contributed by atoms with E-state index in [-0.39, 0.29) is 23.7 Å². The molecular formula is C18H22N4O2. The number of nitrogens with zero attached hydrogens (tertiary/aromatic N) is 4. The molecule has 0 radical (unpaired) electrons. The van der Waals surface area contributed by atoms with E-state index in [9.17, 15) is 9.59 Å². The van der Waals surface area contributed by atoms with Gasteiger partial charge < -0.3 is 4.90 Å². The standard InChI is InChI=1S/C18H22N4O2/c23-17-15-3-1-2-4-16(15)18(24)22(17)13-20-9-11-21(12-10-20)14-5-7-19-8-6-14/h1-2,5-8,15-16H,3-4,9-13H2/t15-,16+. The first kappa shape index (κ1) is 15.3. The van der Waals surface area contributed by atoms with Crippen LogP contribution in [0.3, 0.4) is 0 Å². The van der Waals surface area contributed by atoms with Crippen LogP contribution in [0.25, 0.3) is 0 Å². The molecule has 0 unspecified atom stereocenters. The number of carbonyl (C=O) groups is 2. The van der Waals surface area contributed by atoms with Gasteiger partial charge in [0.2, 0.25) is 11.8 Å². The third-order valence-corrected chi connectivity index (χ3v) is 5.34. The van der Waals surface area contributed by atoms with Crippen LogP contribution in [-0.2, 0) is 9.59 Å². The first-order valence-corrected chi connectivity index (χ1v) is 8.61. The van der Waals surface area contributed by atoms with Crippen LogP contribution in [-0.4, -0.2) is 59.4 Å². The Morgan fingerprint density at radius 2 is 1.50 bits per heavy atom. The van der Waals surface area contributed by atoms with Crippen LogP contribution < -0.4 is 4.90 Å². The van der Waals surface area contributed by atoms with E-state index in [4.69, 9.17) is 0 Å². The molecule has 6 heteroatoms. The minimum Gasteiger partial charge on any atom is -0.369 e. The van der Waals surface area contributed by atoms with E-state index in [0.717, 1.165) is 26.2 Å². The van der Waals surface area contributed by atoms with Crippen molar-refractivity contribution in [2.24, 2.45) is 11.8 Å². The lowest BCUT2D eigenvalue weighted by atomic mass is 9.85. The Morgan fingerprint density at radius 3 is 2.08 bits per heavy atom. The maximum atomic E-state index is 12.5. The molecule has 1 aliphatic carbocycles. The van der Waals surface area contributed by atoms with Crippen LogP contribution in [0.15, 0.2) is 36.7 Å². The lowest BCUT2D eigenvalue weighted by Gasteiger charge is -2.37. The first-order chi connectivity index (χ1) is 11.7. The minimum absolute atomic E-state index is 0.0194. The van der Waals surface area contributed by atoms with Crippen molar-refractivity contribution in [1.29, 1.82) is 0 Å². The number of anilines is 1. The normalized spacial score (nSPS) is 27.7. The summed E-state index contributed by atoms with van der Waals surface area (Å²) in [4.78, 5) is 35.1. The number of carbonyl (C=O) groups excluding carboxylic acids is 2. The number of likely N-dealkylation sites (tertiary alicyclic amines) is 1. The Bertz CT molecular complexity index is 626. The van der Waals surface area contributed by atoms with E-state index >= 15 is 0 Å². The molecule has 0 aromatic carbocycles. The molecule has 0 N–H and O–H groups in total. The molecule has 2 amide bonds. The fourth-order valence-corrected chi connectivity index (χ4v) is 3.91. The van der Waals surface area contributed by atoms with E-state index in [1.165, 1.54) is 10.6 Å². The predicted molar refractivity (Wildman–Crippen MR) is 90.1 cm³/mol. The third-order valence-electron chi connectivity index (χ3n) is 5.34. The monoisotopic (exact) mass is 326 g/mol. The highest BCUT2D eigenvalue weighted by molar-refractivity contribution is 6.05. The Balaban J connectivity index is 1.36. The fraction of sp³-hybridized carbons (Fsp3) is 0.500. The van der Waals surface area contributed by atoms with Crippen LogP contribution in [0.1, 0.15) is 12.8 Å². The Hall–Kier alpha value is -2.21. The highest BCUT2D eigenvalue weighted by atomic mass is 16.2. The molecule has 6 nitrogen and oxygen atoms in total. The number of allylic oxidation sites excluding steroid dienone is 2. The van der Waals surface area contributed by atoms with Gasteiger partial charge in [0.1, 0.15) is 0 Å². The van der Waals surface area contributed by atoms with Gasteiger partial charge in [-0.2, -0.15) is 0 Å². The van der Waals surface area contributed by atoms with Crippen LogP contribution in [0, 0.1) is 11.8 Å². The maximum absolute atomic E-state index is 12.5. The van der Waals surface area contributed by atoms with Gasteiger partial charge in [-0.1, -0.05) is 12.2 Å². The molecule has 4 rings (SSSR count). The number of aromatic nitrogens is 1. The predicted octanol–water partition coefficient (Wildman–Crippen LogP) is 1.11. The summed E-state index contributed by atoms with van der Waals surface area (Å²) in [5.74, 6) is -0.210. The topological polar surface area (TPSA) is 56.8 Å². The van der Waals surface area contributed by atoms with Crippen molar-refractivity contribution in [1.82, 2.24) is 14.8 Å². The summed E-state index contributed by atoms with van der Waals surface area (Å²) in [6, 6.07) is 4.03. The quantitative estimate of drug-likeness (QED) is 0.615. The van der Waals surface area contributed by atoms with Crippen molar-refractivity contribution in [2.45, 2.75) is 12.8 Å². The highest BCUT2D eigenvalue weighted by Gasteiger charge is 2.47. The zero-order valence-electron chi connectivity index (χ0n) is 13.7. The molecular weight excluding hydrogens is 304 g/mol. The number of rotatable bonds is 3. The molecule has 24 heavy (non-hydrogen) atoms. The average Bonchev–Trinajstić information content (AvgIpc) is 2.88. The van der Waals surface area contributed by atoms with Crippen molar-refractivity contribution in [3.05, 3.63) is 36.7 Å². The molecule has 126 valence electrons. The summed E-state index contributed by atoms with van der Waals surface area (Å²) in [7, 11) is 0. The fourth-order valence-electron chi connectivity index (χ4n) is 3.91.